The van der Waals surface area contributed by atoms with Crippen molar-refractivity contribution in [2.75, 3.05) is 6.61 Å². The fourth-order valence-electron chi connectivity index (χ4n) is 1.85. The lowest BCUT2D eigenvalue weighted by atomic mass is 10.0. The number of hydrogen-bond acceptors (Lipinski definition) is 4. The van der Waals surface area contributed by atoms with Crippen molar-refractivity contribution in [3.63, 3.8) is 0 Å². The molecule has 5 heteroatoms. The quantitative estimate of drug-likeness (QED) is 0.825. The van der Waals surface area contributed by atoms with Crippen LogP contribution in [0.1, 0.15) is 27.2 Å². The number of rotatable bonds is 3. The van der Waals surface area contributed by atoms with Gasteiger partial charge in [-0.1, -0.05) is 17.9 Å². The average Bonchev–Trinajstić information content (AvgIpc) is 2.52. The van der Waals surface area contributed by atoms with E-state index < -0.39 is 0 Å². The Morgan fingerprint density at radius 3 is 2.90 bits per heavy atom. The molecule has 0 aliphatic rings. The largest absolute Gasteiger partial charge is 0.384 e. The van der Waals surface area contributed by atoms with Gasteiger partial charge in [-0.25, -0.2) is 0 Å². The molecule has 0 aliphatic heterocycles. The maximum Gasteiger partial charge on any atom is 0.251 e. The van der Waals surface area contributed by atoms with Crippen molar-refractivity contribution >= 4 is 5.91 Å². The molecule has 1 amide bonds. The third-order valence-corrected chi connectivity index (χ3v) is 2.94. The Morgan fingerprint density at radius 2 is 2.19 bits per heavy atom. The number of aliphatic hydroxyl groups is 1. The standard InChI is InChI=1S/C16H15N3O2/c1-12-13(6-4-10-20)5-2-8-15(12)16(21)17-11-14-7-3-9-18-19-14/h2-3,5,7-9,20H,10-11H2,1H3,(H,17,21). The van der Waals surface area contributed by atoms with Crippen LogP contribution in [0.4, 0.5) is 0 Å². The highest BCUT2D eigenvalue weighted by Gasteiger charge is 2.10. The molecule has 1 aromatic carbocycles. The summed E-state index contributed by atoms with van der Waals surface area (Å²) >= 11 is 0. The third kappa shape index (κ3) is 3.88. The molecule has 0 bridgehead atoms. The molecular formula is C16H15N3O2. The van der Waals surface area contributed by atoms with E-state index in [9.17, 15) is 4.79 Å². The fraction of sp³-hybridized carbons (Fsp3) is 0.188. The van der Waals surface area contributed by atoms with E-state index in [1.807, 2.05) is 13.0 Å². The topological polar surface area (TPSA) is 75.1 Å². The average molecular weight is 281 g/mol. The molecule has 1 aromatic heterocycles. The summed E-state index contributed by atoms with van der Waals surface area (Å²) in [5, 5.41) is 19.2. The predicted molar refractivity (Wildman–Crippen MR) is 78.3 cm³/mol. The van der Waals surface area contributed by atoms with Gasteiger partial charge in [-0.05, 0) is 36.8 Å². The first-order valence-electron chi connectivity index (χ1n) is 6.46. The van der Waals surface area contributed by atoms with E-state index in [0.717, 1.165) is 11.1 Å². The van der Waals surface area contributed by atoms with Crippen LogP contribution in [0.2, 0.25) is 0 Å². The Morgan fingerprint density at radius 1 is 1.33 bits per heavy atom. The molecule has 0 atom stereocenters. The number of hydrogen-bond donors (Lipinski definition) is 2. The number of aromatic nitrogens is 2. The minimum Gasteiger partial charge on any atom is -0.384 e. The number of carbonyl (C=O) groups is 1. The first-order valence-corrected chi connectivity index (χ1v) is 6.46. The molecule has 2 aromatic rings. The van der Waals surface area contributed by atoms with E-state index in [2.05, 4.69) is 27.4 Å². The molecular weight excluding hydrogens is 266 g/mol. The summed E-state index contributed by atoms with van der Waals surface area (Å²) in [6.45, 7) is 1.94. The molecule has 0 unspecified atom stereocenters. The van der Waals surface area contributed by atoms with Crippen molar-refractivity contribution in [1.82, 2.24) is 15.5 Å². The highest BCUT2D eigenvalue weighted by atomic mass is 16.2. The van der Waals surface area contributed by atoms with Gasteiger partial charge in [-0.15, -0.1) is 0 Å². The molecule has 0 fully saturated rings. The number of nitrogens with zero attached hydrogens (tertiary/aromatic N) is 2. The van der Waals surface area contributed by atoms with Gasteiger partial charge in [0, 0.05) is 17.3 Å². The number of nitrogens with one attached hydrogen (secondary N) is 1. The van der Waals surface area contributed by atoms with E-state index in [-0.39, 0.29) is 12.5 Å². The van der Waals surface area contributed by atoms with Gasteiger partial charge in [0.2, 0.25) is 0 Å². The minimum absolute atomic E-state index is 0.189. The zero-order valence-corrected chi connectivity index (χ0v) is 11.6. The summed E-state index contributed by atoms with van der Waals surface area (Å²) in [5.41, 5.74) is 2.77. The molecule has 0 aliphatic carbocycles. The monoisotopic (exact) mass is 281 g/mol. The number of amides is 1. The maximum absolute atomic E-state index is 12.2. The summed E-state index contributed by atoms with van der Waals surface area (Å²) in [7, 11) is 0. The maximum atomic E-state index is 12.2. The zero-order chi connectivity index (χ0) is 15.1. The smallest absolute Gasteiger partial charge is 0.251 e. The summed E-state index contributed by atoms with van der Waals surface area (Å²) in [6, 6.07) is 8.89. The van der Waals surface area contributed by atoms with Gasteiger partial charge in [0.25, 0.3) is 5.91 Å². The van der Waals surface area contributed by atoms with Gasteiger partial charge < -0.3 is 10.4 Å². The van der Waals surface area contributed by atoms with Crippen LogP contribution in [0.5, 0.6) is 0 Å². The summed E-state index contributed by atoms with van der Waals surface area (Å²) < 4.78 is 0. The fourth-order valence-corrected chi connectivity index (χ4v) is 1.85. The Bertz CT molecular complexity index is 688. The Labute approximate surface area is 123 Å². The van der Waals surface area contributed by atoms with Gasteiger partial charge in [0.1, 0.15) is 6.61 Å². The molecule has 1 heterocycles. The lowest BCUT2D eigenvalue weighted by Crippen LogP contribution is -2.24. The minimum atomic E-state index is -0.206. The lowest BCUT2D eigenvalue weighted by Gasteiger charge is -2.08. The van der Waals surface area contributed by atoms with Gasteiger partial charge in [-0.3, -0.25) is 4.79 Å². The van der Waals surface area contributed by atoms with E-state index in [4.69, 9.17) is 5.11 Å². The lowest BCUT2D eigenvalue weighted by molar-refractivity contribution is 0.0949. The van der Waals surface area contributed by atoms with Crippen molar-refractivity contribution in [1.29, 1.82) is 0 Å². The predicted octanol–water partition coefficient (Wildman–Crippen LogP) is 1.06. The molecule has 0 saturated carbocycles. The van der Waals surface area contributed by atoms with Crippen molar-refractivity contribution in [3.8, 4) is 11.8 Å². The van der Waals surface area contributed by atoms with Crippen LogP contribution in [0.25, 0.3) is 0 Å². The molecule has 0 saturated heterocycles. The van der Waals surface area contributed by atoms with Crippen molar-refractivity contribution < 1.29 is 9.90 Å². The Kier molecular flexibility index (Phi) is 5.02. The molecule has 2 N–H and O–H groups in total. The third-order valence-electron chi connectivity index (χ3n) is 2.94. The van der Waals surface area contributed by atoms with E-state index >= 15 is 0 Å². The van der Waals surface area contributed by atoms with Crippen molar-refractivity contribution in [2.24, 2.45) is 0 Å². The second kappa shape index (κ2) is 7.17. The van der Waals surface area contributed by atoms with Crippen molar-refractivity contribution in [2.45, 2.75) is 13.5 Å². The Balaban J connectivity index is 2.12. The molecule has 0 radical (unpaired) electrons. The Hall–Kier alpha value is -2.71. The molecule has 0 spiro atoms. The van der Waals surface area contributed by atoms with E-state index in [1.54, 1.807) is 30.5 Å². The second-order valence-electron chi connectivity index (χ2n) is 4.34. The van der Waals surface area contributed by atoms with Gasteiger partial charge >= 0.3 is 0 Å². The van der Waals surface area contributed by atoms with Crippen molar-refractivity contribution in [3.05, 3.63) is 58.9 Å². The van der Waals surface area contributed by atoms with Gasteiger partial charge in [0.15, 0.2) is 0 Å². The number of aliphatic hydroxyl groups excluding tert-OH is 1. The van der Waals surface area contributed by atoms with Crippen LogP contribution in [0, 0.1) is 18.8 Å². The molecule has 5 nitrogen and oxygen atoms in total. The molecule has 21 heavy (non-hydrogen) atoms. The normalized spacial score (nSPS) is 9.62. The highest BCUT2D eigenvalue weighted by Crippen LogP contribution is 2.13. The van der Waals surface area contributed by atoms with Gasteiger partial charge in [-0.2, -0.15) is 10.2 Å². The SMILES string of the molecule is Cc1c(C#CCO)cccc1C(=O)NCc1cccnn1. The summed E-state index contributed by atoms with van der Waals surface area (Å²) in [5.74, 6) is 5.23. The van der Waals surface area contributed by atoms with Crippen LogP contribution >= 0.6 is 0 Å². The molecule has 106 valence electrons. The first-order chi connectivity index (χ1) is 10.2. The van der Waals surface area contributed by atoms with E-state index in [0.29, 0.717) is 17.8 Å². The van der Waals surface area contributed by atoms with Crippen LogP contribution < -0.4 is 5.32 Å². The summed E-state index contributed by atoms with van der Waals surface area (Å²) in [4.78, 5) is 12.2. The molecule has 2 rings (SSSR count). The number of carbonyl (C=O) groups excluding carboxylic acids is 1. The first kappa shape index (κ1) is 14.7. The number of benzene rings is 1. The van der Waals surface area contributed by atoms with Crippen LogP contribution in [-0.4, -0.2) is 27.8 Å². The van der Waals surface area contributed by atoms with Gasteiger partial charge in [0.05, 0.1) is 12.2 Å². The van der Waals surface area contributed by atoms with Crippen LogP contribution in [0.15, 0.2) is 36.5 Å². The summed E-state index contributed by atoms with van der Waals surface area (Å²) in [6.07, 6.45) is 1.58. The van der Waals surface area contributed by atoms with Crippen LogP contribution in [-0.2, 0) is 6.54 Å². The highest BCUT2D eigenvalue weighted by molar-refractivity contribution is 5.96. The van der Waals surface area contributed by atoms with E-state index in [1.165, 1.54) is 0 Å². The second-order valence-corrected chi connectivity index (χ2v) is 4.34. The van der Waals surface area contributed by atoms with Crippen LogP contribution in [0.3, 0.4) is 0 Å². The zero-order valence-electron chi connectivity index (χ0n) is 11.6.